The normalized spacial score (nSPS) is 19.6. The summed E-state index contributed by atoms with van der Waals surface area (Å²) in [5, 5.41) is 9.95. The highest BCUT2D eigenvalue weighted by atomic mass is 35.5. The van der Waals surface area contributed by atoms with Gasteiger partial charge in [-0.3, -0.25) is 9.59 Å². The van der Waals surface area contributed by atoms with Gasteiger partial charge in [-0.25, -0.2) is 4.90 Å². The van der Waals surface area contributed by atoms with Gasteiger partial charge >= 0.3 is 0 Å². The zero-order chi connectivity index (χ0) is 21.3. The summed E-state index contributed by atoms with van der Waals surface area (Å²) in [5.41, 5.74) is 1.86. The van der Waals surface area contributed by atoms with Crippen molar-refractivity contribution in [3.63, 3.8) is 0 Å². The molecule has 2 aromatic rings. The van der Waals surface area contributed by atoms with Crippen LogP contribution in [-0.4, -0.2) is 48.6 Å². The first kappa shape index (κ1) is 20.4. The third-order valence-corrected chi connectivity index (χ3v) is 5.90. The second kappa shape index (κ2) is 8.50. The van der Waals surface area contributed by atoms with Gasteiger partial charge in [0.05, 0.1) is 23.4 Å². The molecule has 0 aromatic heterocycles. The first-order valence-electron chi connectivity index (χ1n) is 9.93. The van der Waals surface area contributed by atoms with Gasteiger partial charge in [-0.15, -0.1) is 0 Å². The molecule has 1 unspecified atom stereocenters. The van der Waals surface area contributed by atoms with Gasteiger partial charge in [0.15, 0.2) is 0 Å². The number of anilines is 1. The number of carbonyl (C=O) groups is 2. The molecule has 0 bridgehead atoms. The smallest absolute Gasteiger partial charge is 0.282 e. The number of ether oxygens (including phenoxy) is 1. The molecule has 1 N–H and O–H groups in total. The van der Waals surface area contributed by atoms with Crippen LogP contribution in [0.1, 0.15) is 18.4 Å². The monoisotopic (exact) mass is 426 g/mol. The lowest BCUT2D eigenvalue weighted by atomic mass is 9.97. The summed E-state index contributed by atoms with van der Waals surface area (Å²) in [6, 6.07) is 14.1. The van der Waals surface area contributed by atoms with Crippen LogP contribution in [0.25, 0.3) is 5.57 Å². The number of imide groups is 1. The summed E-state index contributed by atoms with van der Waals surface area (Å²) < 4.78 is 5.18. The molecular formula is C23H23ClN2O4. The SMILES string of the molecule is COc1ccc(N2C(=O)C(c3ccccc3)=C(N3CCCC(CO)C3)C2=O)cc1Cl. The van der Waals surface area contributed by atoms with E-state index in [9.17, 15) is 14.7 Å². The number of methoxy groups -OCH3 is 1. The van der Waals surface area contributed by atoms with Crippen molar-refractivity contribution in [2.45, 2.75) is 12.8 Å². The first-order chi connectivity index (χ1) is 14.5. The van der Waals surface area contributed by atoms with E-state index in [1.165, 1.54) is 12.0 Å². The largest absolute Gasteiger partial charge is 0.495 e. The van der Waals surface area contributed by atoms with Crippen LogP contribution < -0.4 is 9.64 Å². The number of nitrogens with zero attached hydrogens (tertiary/aromatic N) is 2. The molecule has 0 spiro atoms. The average Bonchev–Trinajstić information content (AvgIpc) is 3.04. The van der Waals surface area contributed by atoms with Crippen molar-refractivity contribution in [1.29, 1.82) is 0 Å². The first-order valence-corrected chi connectivity index (χ1v) is 10.3. The van der Waals surface area contributed by atoms with Crippen LogP contribution in [0.3, 0.4) is 0 Å². The van der Waals surface area contributed by atoms with Gasteiger partial charge in [-0.2, -0.15) is 0 Å². The summed E-state index contributed by atoms with van der Waals surface area (Å²) in [4.78, 5) is 30.1. The van der Waals surface area contributed by atoms with E-state index in [2.05, 4.69) is 0 Å². The quantitative estimate of drug-likeness (QED) is 0.742. The van der Waals surface area contributed by atoms with E-state index in [0.29, 0.717) is 46.4 Å². The lowest BCUT2D eigenvalue weighted by Crippen LogP contribution is -2.40. The Kier molecular flexibility index (Phi) is 5.79. The van der Waals surface area contributed by atoms with Crippen LogP contribution in [0.15, 0.2) is 54.2 Å². The highest BCUT2D eigenvalue weighted by Gasteiger charge is 2.43. The van der Waals surface area contributed by atoms with Crippen LogP contribution in [0.4, 0.5) is 5.69 Å². The van der Waals surface area contributed by atoms with Crippen molar-refractivity contribution in [3.05, 3.63) is 64.8 Å². The Morgan fingerprint density at radius 1 is 1.13 bits per heavy atom. The Morgan fingerprint density at radius 3 is 2.57 bits per heavy atom. The maximum atomic E-state index is 13.5. The number of carbonyl (C=O) groups excluding carboxylic acids is 2. The molecule has 2 heterocycles. The molecule has 1 fully saturated rings. The molecule has 4 rings (SSSR count). The van der Waals surface area contributed by atoms with Gasteiger partial charge in [0.1, 0.15) is 11.4 Å². The average molecular weight is 427 g/mol. The minimum absolute atomic E-state index is 0.0599. The highest BCUT2D eigenvalue weighted by Crippen LogP contribution is 2.38. The second-order valence-electron chi connectivity index (χ2n) is 7.49. The Bertz CT molecular complexity index is 1010. The molecule has 0 radical (unpaired) electrons. The number of halogens is 1. The predicted molar refractivity (Wildman–Crippen MR) is 115 cm³/mol. The van der Waals surface area contributed by atoms with Crippen molar-refractivity contribution in [2.75, 3.05) is 31.7 Å². The maximum absolute atomic E-state index is 13.5. The molecule has 0 aliphatic carbocycles. The Balaban J connectivity index is 1.79. The number of aliphatic hydroxyl groups excluding tert-OH is 1. The highest BCUT2D eigenvalue weighted by molar-refractivity contribution is 6.45. The van der Waals surface area contributed by atoms with E-state index in [1.807, 2.05) is 35.2 Å². The fraction of sp³-hybridized carbons (Fsp3) is 0.304. The van der Waals surface area contributed by atoms with Gasteiger partial charge in [0.2, 0.25) is 0 Å². The van der Waals surface area contributed by atoms with Gasteiger partial charge in [0.25, 0.3) is 11.8 Å². The molecule has 2 aromatic carbocycles. The number of hydrogen-bond donors (Lipinski definition) is 1. The molecule has 6 nitrogen and oxygen atoms in total. The topological polar surface area (TPSA) is 70.1 Å². The predicted octanol–water partition coefficient (Wildman–Crippen LogP) is 3.34. The van der Waals surface area contributed by atoms with Crippen LogP contribution in [0, 0.1) is 5.92 Å². The zero-order valence-electron chi connectivity index (χ0n) is 16.7. The van der Waals surface area contributed by atoms with Crippen molar-refractivity contribution in [2.24, 2.45) is 5.92 Å². The van der Waals surface area contributed by atoms with Crippen LogP contribution >= 0.6 is 11.6 Å². The van der Waals surface area contributed by atoms with Crippen LogP contribution in [0.5, 0.6) is 5.75 Å². The molecule has 0 saturated carbocycles. The third-order valence-electron chi connectivity index (χ3n) is 5.61. The minimum atomic E-state index is -0.381. The number of piperidine rings is 1. The van der Waals surface area contributed by atoms with Gasteiger partial charge in [-0.1, -0.05) is 41.9 Å². The molecule has 156 valence electrons. The second-order valence-corrected chi connectivity index (χ2v) is 7.90. The van der Waals surface area contributed by atoms with Gasteiger partial charge < -0.3 is 14.7 Å². The van der Waals surface area contributed by atoms with E-state index in [4.69, 9.17) is 16.3 Å². The van der Waals surface area contributed by atoms with E-state index in [0.717, 1.165) is 12.8 Å². The van der Waals surface area contributed by atoms with E-state index in [1.54, 1.807) is 18.2 Å². The van der Waals surface area contributed by atoms with Crippen molar-refractivity contribution in [3.8, 4) is 5.75 Å². The van der Waals surface area contributed by atoms with Crippen molar-refractivity contribution < 1.29 is 19.4 Å². The molecule has 1 saturated heterocycles. The Hall–Kier alpha value is -2.83. The minimum Gasteiger partial charge on any atom is -0.495 e. The summed E-state index contributed by atoms with van der Waals surface area (Å²) in [7, 11) is 1.51. The lowest BCUT2D eigenvalue weighted by molar-refractivity contribution is -0.120. The number of rotatable bonds is 5. The number of likely N-dealkylation sites (tertiary alicyclic amines) is 1. The number of amides is 2. The Morgan fingerprint density at radius 2 is 1.90 bits per heavy atom. The molecular weight excluding hydrogens is 404 g/mol. The van der Waals surface area contributed by atoms with E-state index >= 15 is 0 Å². The lowest BCUT2D eigenvalue weighted by Gasteiger charge is -2.34. The van der Waals surface area contributed by atoms with Crippen molar-refractivity contribution >= 4 is 34.7 Å². The van der Waals surface area contributed by atoms with Gasteiger partial charge in [0, 0.05) is 19.7 Å². The zero-order valence-corrected chi connectivity index (χ0v) is 17.4. The molecule has 2 aliphatic heterocycles. The molecule has 7 heteroatoms. The summed E-state index contributed by atoms with van der Waals surface area (Å²) in [6.45, 7) is 1.27. The fourth-order valence-corrected chi connectivity index (χ4v) is 4.37. The van der Waals surface area contributed by atoms with Gasteiger partial charge in [-0.05, 0) is 42.5 Å². The summed E-state index contributed by atoms with van der Waals surface area (Å²) >= 11 is 6.25. The maximum Gasteiger partial charge on any atom is 0.282 e. The number of benzene rings is 2. The Labute approximate surface area is 180 Å². The van der Waals surface area contributed by atoms with E-state index < -0.39 is 0 Å². The summed E-state index contributed by atoms with van der Waals surface area (Å²) in [5.74, 6) is -0.208. The fourth-order valence-electron chi connectivity index (χ4n) is 4.12. The standard InChI is InChI=1S/C23H23ClN2O4/c1-30-19-10-9-17(12-18(19)24)26-22(28)20(16-7-3-2-4-8-16)21(23(26)29)25-11-5-6-15(13-25)14-27/h2-4,7-10,12,15,27H,5-6,11,13-14H2,1H3. The van der Waals surface area contributed by atoms with E-state index in [-0.39, 0.29) is 24.3 Å². The molecule has 2 aliphatic rings. The van der Waals surface area contributed by atoms with Crippen LogP contribution in [-0.2, 0) is 9.59 Å². The number of aliphatic hydroxyl groups is 1. The molecule has 2 amide bonds. The third kappa shape index (κ3) is 3.57. The summed E-state index contributed by atoms with van der Waals surface area (Å²) in [6.07, 6.45) is 1.76. The molecule has 30 heavy (non-hydrogen) atoms. The number of hydrogen-bond acceptors (Lipinski definition) is 5. The van der Waals surface area contributed by atoms with Crippen molar-refractivity contribution in [1.82, 2.24) is 4.90 Å². The van der Waals surface area contributed by atoms with Crippen LogP contribution in [0.2, 0.25) is 5.02 Å². The molecule has 1 atom stereocenters.